The first-order valence-corrected chi connectivity index (χ1v) is 4.00. The molecule has 0 aliphatic carbocycles. The Hall–Kier alpha value is -2.10. The van der Waals surface area contributed by atoms with E-state index in [1.54, 1.807) is 24.3 Å². The average Bonchev–Trinajstić information content (AvgIpc) is 2.66. The third-order valence-electron chi connectivity index (χ3n) is 1.76. The van der Waals surface area contributed by atoms with Crippen molar-refractivity contribution < 1.29 is 14.3 Å². The Morgan fingerprint density at radius 2 is 2.29 bits per heavy atom. The van der Waals surface area contributed by atoms with Gasteiger partial charge in [0, 0.05) is 5.56 Å². The van der Waals surface area contributed by atoms with Crippen molar-refractivity contribution in [3.63, 3.8) is 0 Å². The summed E-state index contributed by atoms with van der Waals surface area (Å²) in [5.74, 6) is 0.182. The molecule has 0 saturated heterocycles. The predicted octanol–water partition coefficient (Wildman–Crippen LogP) is 1.86. The fraction of sp³-hybridized carbons (Fsp3) is 0. The highest BCUT2D eigenvalue weighted by molar-refractivity contribution is 5.70. The van der Waals surface area contributed by atoms with E-state index in [0.717, 1.165) is 0 Å². The van der Waals surface area contributed by atoms with Crippen LogP contribution in [0.5, 0.6) is 5.75 Å². The molecule has 0 unspecified atom stereocenters. The van der Waals surface area contributed by atoms with Gasteiger partial charge in [-0.15, -0.1) is 0 Å². The quantitative estimate of drug-likeness (QED) is 0.732. The SMILES string of the molecule is O=Cc1nc(-c2cccc(O)c2)co1. The molecule has 0 bridgehead atoms. The molecule has 1 aromatic carbocycles. The van der Waals surface area contributed by atoms with Crippen molar-refractivity contribution in [2.45, 2.75) is 0 Å². The Kier molecular flexibility index (Phi) is 2.02. The van der Waals surface area contributed by atoms with Crippen LogP contribution in [0.3, 0.4) is 0 Å². The second-order valence-electron chi connectivity index (χ2n) is 2.74. The molecule has 0 radical (unpaired) electrons. The smallest absolute Gasteiger partial charge is 0.260 e. The van der Waals surface area contributed by atoms with Crippen LogP contribution in [0.25, 0.3) is 11.3 Å². The summed E-state index contributed by atoms with van der Waals surface area (Å²) < 4.78 is 4.85. The number of hydrogen-bond donors (Lipinski definition) is 1. The van der Waals surface area contributed by atoms with Gasteiger partial charge in [0.05, 0.1) is 0 Å². The van der Waals surface area contributed by atoms with E-state index in [1.807, 2.05) is 0 Å². The highest BCUT2D eigenvalue weighted by Crippen LogP contribution is 2.21. The molecular weight excluding hydrogens is 182 g/mol. The number of benzene rings is 1. The summed E-state index contributed by atoms with van der Waals surface area (Å²) in [7, 11) is 0. The van der Waals surface area contributed by atoms with Gasteiger partial charge in [0.25, 0.3) is 5.89 Å². The molecule has 0 atom stereocenters. The minimum absolute atomic E-state index is 0.0309. The number of rotatable bonds is 2. The van der Waals surface area contributed by atoms with Crippen LogP contribution < -0.4 is 0 Å². The first-order chi connectivity index (χ1) is 6.79. The molecular formula is C10H7NO3. The second-order valence-corrected chi connectivity index (χ2v) is 2.74. The van der Waals surface area contributed by atoms with Crippen LogP contribution in [0.15, 0.2) is 34.9 Å². The van der Waals surface area contributed by atoms with E-state index in [4.69, 9.17) is 4.42 Å². The number of phenolic OH excluding ortho intramolecular Hbond substituents is 1. The van der Waals surface area contributed by atoms with E-state index < -0.39 is 0 Å². The monoisotopic (exact) mass is 189 g/mol. The van der Waals surface area contributed by atoms with Gasteiger partial charge < -0.3 is 9.52 Å². The molecule has 0 spiro atoms. The minimum atomic E-state index is 0.0309. The molecule has 2 rings (SSSR count). The van der Waals surface area contributed by atoms with Gasteiger partial charge in [-0.05, 0) is 12.1 Å². The predicted molar refractivity (Wildman–Crippen MR) is 49.0 cm³/mol. The Morgan fingerprint density at radius 3 is 2.93 bits per heavy atom. The minimum Gasteiger partial charge on any atom is -0.508 e. The molecule has 0 saturated carbocycles. The summed E-state index contributed by atoms with van der Waals surface area (Å²) in [5, 5.41) is 9.21. The fourth-order valence-corrected chi connectivity index (χ4v) is 1.14. The number of aromatic nitrogens is 1. The Labute approximate surface area is 79.8 Å². The van der Waals surface area contributed by atoms with Gasteiger partial charge in [0.2, 0.25) is 6.29 Å². The van der Waals surface area contributed by atoms with Crippen LogP contribution in [-0.4, -0.2) is 16.4 Å². The van der Waals surface area contributed by atoms with Gasteiger partial charge in [0.15, 0.2) is 0 Å². The van der Waals surface area contributed by atoms with Crippen LogP contribution in [-0.2, 0) is 0 Å². The topological polar surface area (TPSA) is 63.3 Å². The highest BCUT2D eigenvalue weighted by Gasteiger charge is 2.05. The van der Waals surface area contributed by atoms with E-state index in [-0.39, 0.29) is 11.6 Å². The zero-order valence-electron chi connectivity index (χ0n) is 7.18. The maximum Gasteiger partial charge on any atom is 0.260 e. The molecule has 1 heterocycles. The normalized spacial score (nSPS) is 10.0. The van der Waals surface area contributed by atoms with E-state index in [1.165, 1.54) is 6.26 Å². The number of hydrogen-bond acceptors (Lipinski definition) is 4. The fourth-order valence-electron chi connectivity index (χ4n) is 1.14. The van der Waals surface area contributed by atoms with Crippen LogP contribution >= 0.6 is 0 Å². The van der Waals surface area contributed by atoms with Gasteiger partial charge in [-0.25, -0.2) is 4.98 Å². The Balaban J connectivity index is 2.43. The first-order valence-electron chi connectivity index (χ1n) is 4.00. The summed E-state index contributed by atoms with van der Waals surface area (Å²) in [4.78, 5) is 14.2. The lowest BCUT2D eigenvalue weighted by atomic mass is 10.2. The number of carbonyl (C=O) groups is 1. The molecule has 14 heavy (non-hydrogen) atoms. The average molecular weight is 189 g/mol. The van der Waals surface area contributed by atoms with E-state index in [9.17, 15) is 9.90 Å². The molecule has 0 aliphatic heterocycles. The summed E-state index contributed by atoms with van der Waals surface area (Å²) in [6.45, 7) is 0. The zero-order chi connectivity index (χ0) is 9.97. The lowest BCUT2D eigenvalue weighted by Crippen LogP contribution is -1.80. The van der Waals surface area contributed by atoms with Gasteiger partial charge in [-0.1, -0.05) is 12.1 Å². The summed E-state index contributed by atoms with van der Waals surface area (Å²) in [5.41, 5.74) is 1.24. The number of aldehydes is 1. The highest BCUT2D eigenvalue weighted by atomic mass is 16.3. The van der Waals surface area contributed by atoms with Gasteiger partial charge in [-0.2, -0.15) is 0 Å². The molecule has 70 valence electrons. The van der Waals surface area contributed by atoms with Gasteiger partial charge in [-0.3, -0.25) is 4.79 Å². The van der Waals surface area contributed by atoms with Gasteiger partial charge in [0.1, 0.15) is 17.7 Å². The number of aromatic hydroxyl groups is 1. The van der Waals surface area contributed by atoms with E-state index in [2.05, 4.69) is 4.98 Å². The lowest BCUT2D eigenvalue weighted by Gasteiger charge is -1.95. The third kappa shape index (κ3) is 1.50. The number of nitrogens with zero attached hydrogens (tertiary/aromatic N) is 1. The van der Waals surface area contributed by atoms with Crippen molar-refractivity contribution in [3.8, 4) is 17.0 Å². The molecule has 4 heteroatoms. The molecule has 4 nitrogen and oxygen atoms in total. The second kappa shape index (κ2) is 3.33. The number of carbonyl (C=O) groups excluding carboxylic acids is 1. The maximum atomic E-state index is 10.3. The molecule has 0 fully saturated rings. The van der Waals surface area contributed by atoms with Crippen molar-refractivity contribution in [3.05, 3.63) is 36.4 Å². The maximum absolute atomic E-state index is 10.3. The molecule has 0 amide bonds. The van der Waals surface area contributed by atoms with Crippen molar-refractivity contribution in [1.29, 1.82) is 0 Å². The van der Waals surface area contributed by atoms with Crippen molar-refractivity contribution >= 4 is 6.29 Å². The van der Waals surface area contributed by atoms with Crippen molar-refractivity contribution in [2.75, 3.05) is 0 Å². The Bertz CT molecular complexity index is 462. The lowest BCUT2D eigenvalue weighted by molar-refractivity contribution is 0.109. The van der Waals surface area contributed by atoms with Crippen molar-refractivity contribution in [1.82, 2.24) is 4.98 Å². The number of phenols is 1. The van der Waals surface area contributed by atoms with Crippen LogP contribution in [0, 0.1) is 0 Å². The third-order valence-corrected chi connectivity index (χ3v) is 1.76. The summed E-state index contributed by atoms with van der Waals surface area (Å²) >= 11 is 0. The first kappa shape index (κ1) is 8.50. The largest absolute Gasteiger partial charge is 0.508 e. The van der Waals surface area contributed by atoms with Crippen LogP contribution in [0.4, 0.5) is 0 Å². The van der Waals surface area contributed by atoms with E-state index >= 15 is 0 Å². The Morgan fingerprint density at radius 1 is 1.43 bits per heavy atom. The van der Waals surface area contributed by atoms with E-state index in [0.29, 0.717) is 17.5 Å². The van der Waals surface area contributed by atoms with Crippen LogP contribution in [0.1, 0.15) is 10.7 Å². The zero-order valence-corrected chi connectivity index (χ0v) is 7.18. The number of oxazole rings is 1. The van der Waals surface area contributed by atoms with Crippen LogP contribution in [0.2, 0.25) is 0 Å². The standard InChI is InChI=1S/C10H7NO3/c12-5-10-11-9(6-14-10)7-2-1-3-8(13)4-7/h1-6,13H. The summed E-state index contributed by atoms with van der Waals surface area (Å²) in [6.07, 6.45) is 1.91. The summed E-state index contributed by atoms with van der Waals surface area (Å²) in [6, 6.07) is 6.57. The molecule has 1 N–H and O–H groups in total. The van der Waals surface area contributed by atoms with Crippen molar-refractivity contribution in [2.24, 2.45) is 0 Å². The molecule has 0 aliphatic rings. The van der Waals surface area contributed by atoms with Gasteiger partial charge >= 0.3 is 0 Å². The molecule has 2 aromatic rings. The molecule has 1 aromatic heterocycles.